The van der Waals surface area contributed by atoms with Gasteiger partial charge in [-0.1, -0.05) is 24.3 Å². The average molecular weight is 360 g/mol. The summed E-state index contributed by atoms with van der Waals surface area (Å²) in [5.74, 6) is 0.691. The summed E-state index contributed by atoms with van der Waals surface area (Å²) in [6.45, 7) is 0.987. The molecule has 3 aromatic rings. The van der Waals surface area contributed by atoms with Crippen molar-refractivity contribution in [2.75, 3.05) is 13.1 Å². The maximum atomic E-state index is 12.8. The molecule has 1 amide bonds. The molecule has 4 rings (SSSR count). The Morgan fingerprint density at radius 3 is 2.69 bits per heavy atom. The largest absolute Gasteiger partial charge is 0.416 e. The van der Waals surface area contributed by atoms with Crippen LogP contribution in [-0.2, 0) is 17.4 Å². The Morgan fingerprint density at radius 2 is 1.92 bits per heavy atom. The summed E-state index contributed by atoms with van der Waals surface area (Å²) < 4.78 is 40.2. The minimum Gasteiger partial charge on any atom is -0.341 e. The van der Waals surface area contributed by atoms with Gasteiger partial charge in [0.25, 0.3) is 0 Å². The molecular weight excluding hydrogens is 345 g/mol. The monoisotopic (exact) mass is 360 g/mol. The molecule has 134 valence electrons. The van der Waals surface area contributed by atoms with Crippen molar-refractivity contribution in [2.45, 2.75) is 18.5 Å². The number of nitrogens with zero attached hydrogens (tertiary/aromatic N) is 4. The zero-order chi connectivity index (χ0) is 18.3. The summed E-state index contributed by atoms with van der Waals surface area (Å²) in [6, 6.07) is 10.5. The Kier molecular flexibility index (Phi) is 3.90. The third-order valence-corrected chi connectivity index (χ3v) is 4.55. The van der Waals surface area contributed by atoms with E-state index in [9.17, 15) is 18.0 Å². The van der Waals surface area contributed by atoms with Crippen molar-refractivity contribution in [3.8, 4) is 0 Å². The Hall–Kier alpha value is -2.90. The second kappa shape index (κ2) is 6.12. The summed E-state index contributed by atoms with van der Waals surface area (Å²) in [6.07, 6.45) is -2.58. The second-order valence-electron chi connectivity index (χ2n) is 6.36. The highest BCUT2D eigenvalue weighted by Crippen LogP contribution is 2.30. The van der Waals surface area contributed by atoms with E-state index in [4.69, 9.17) is 0 Å². The summed E-state index contributed by atoms with van der Waals surface area (Å²) in [7, 11) is 0. The highest BCUT2D eigenvalue weighted by molar-refractivity contribution is 5.79. The van der Waals surface area contributed by atoms with E-state index in [-0.39, 0.29) is 18.2 Å². The molecule has 26 heavy (non-hydrogen) atoms. The van der Waals surface area contributed by atoms with E-state index in [0.717, 1.165) is 23.6 Å². The van der Waals surface area contributed by atoms with E-state index in [2.05, 4.69) is 10.2 Å². The number of likely N-dealkylation sites (tertiary alicyclic amines) is 1. The highest BCUT2D eigenvalue weighted by Gasteiger charge is 2.35. The van der Waals surface area contributed by atoms with Gasteiger partial charge in [-0.25, -0.2) is 0 Å². The van der Waals surface area contributed by atoms with Crippen LogP contribution in [0.25, 0.3) is 5.65 Å². The Morgan fingerprint density at radius 1 is 1.12 bits per heavy atom. The third kappa shape index (κ3) is 3.02. The van der Waals surface area contributed by atoms with E-state index < -0.39 is 11.7 Å². The van der Waals surface area contributed by atoms with Crippen LogP contribution in [0.5, 0.6) is 0 Å². The SMILES string of the molecule is O=C(Cc1cccc(C(F)(F)F)c1)N1CC(c2nnc3ccccn23)C1. The topological polar surface area (TPSA) is 50.5 Å². The number of pyridine rings is 1. The summed E-state index contributed by atoms with van der Waals surface area (Å²) in [5.41, 5.74) is 0.372. The molecule has 1 saturated heterocycles. The van der Waals surface area contributed by atoms with Crippen LogP contribution >= 0.6 is 0 Å². The van der Waals surface area contributed by atoms with Crippen molar-refractivity contribution in [1.29, 1.82) is 0 Å². The number of halogens is 3. The first-order valence-corrected chi connectivity index (χ1v) is 8.15. The summed E-state index contributed by atoms with van der Waals surface area (Å²) >= 11 is 0. The fourth-order valence-corrected chi connectivity index (χ4v) is 3.13. The van der Waals surface area contributed by atoms with Gasteiger partial charge in [-0.2, -0.15) is 13.2 Å². The van der Waals surface area contributed by atoms with E-state index in [1.54, 1.807) is 4.90 Å². The number of benzene rings is 1. The fraction of sp³-hybridized carbons (Fsp3) is 0.278. The minimum atomic E-state index is -4.41. The molecule has 2 aromatic heterocycles. The summed E-state index contributed by atoms with van der Waals surface area (Å²) in [5, 5.41) is 8.28. The fourth-order valence-electron chi connectivity index (χ4n) is 3.13. The van der Waals surface area contributed by atoms with E-state index in [1.807, 2.05) is 28.8 Å². The number of rotatable bonds is 3. The van der Waals surface area contributed by atoms with Crippen LogP contribution in [0.1, 0.15) is 22.9 Å². The lowest BCUT2D eigenvalue weighted by Crippen LogP contribution is -2.49. The van der Waals surface area contributed by atoms with Gasteiger partial charge in [0.1, 0.15) is 5.82 Å². The maximum Gasteiger partial charge on any atom is 0.416 e. The Labute approximate surface area is 147 Å². The number of aromatic nitrogens is 3. The van der Waals surface area contributed by atoms with Gasteiger partial charge >= 0.3 is 6.18 Å². The van der Waals surface area contributed by atoms with E-state index >= 15 is 0 Å². The molecule has 1 fully saturated rings. The van der Waals surface area contributed by atoms with Crippen LogP contribution in [0.4, 0.5) is 13.2 Å². The van der Waals surface area contributed by atoms with Crippen LogP contribution in [-0.4, -0.2) is 38.5 Å². The zero-order valence-corrected chi connectivity index (χ0v) is 13.6. The molecule has 1 aliphatic rings. The normalized spacial score (nSPS) is 15.3. The first-order chi connectivity index (χ1) is 12.4. The molecular formula is C18H15F3N4O. The number of alkyl halides is 3. The molecule has 5 nitrogen and oxygen atoms in total. The first-order valence-electron chi connectivity index (χ1n) is 8.15. The molecule has 0 aliphatic carbocycles. The maximum absolute atomic E-state index is 12.8. The number of hydrogen-bond donors (Lipinski definition) is 0. The van der Waals surface area contributed by atoms with Gasteiger partial charge in [-0.05, 0) is 23.8 Å². The minimum absolute atomic E-state index is 0.0444. The molecule has 1 aromatic carbocycles. The van der Waals surface area contributed by atoms with Gasteiger partial charge in [0.15, 0.2) is 5.65 Å². The predicted octanol–water partition coefficient (Wildman–Crippen LogP) is 2.92. The van der Waals surface area contributed by atoms with Gasteiger partial charge in [-0.3, -0.25) is 9.20 Å². The zero-order valence-electron chi connectivity index (χ0n) is 13.6. The summed E-state index contributed by atoms with van der Waals surface area (Å²) in [4.78, 5) is 14.0. The van der Waals surface area contributed by atoms with Crippen LogP contribution in [0.2, 0.25) is 0 Å². The number of carbonyl (C=O) groups excluding carboxylic acids is 1. The van der Waals surface area contributed by atoms with Crippen molar-refractivity contribution in [2.24, 2.45) is 0 Å². The Bertz CT molecular complexity index is 960. The van der Waals surface area contributed by atoms with Crippen LogP contribution in [0, 0.1) is 0 Å². The lowest BCUT2D eigenvalue weighted by atomic mass is 9.97. The molecule has 0 N–H and O–H groups in total. The first kappa shape index (κ1) is 16.6. The molecule has 0 bridgehead atoms. The van der Waals surface area contributed by atoms with Crippen molar-refractivity contribution in [3.63, 3.8) is 0 Å². The van der Waals surface area contributed by atoms with Crippen molar-refractivity contribution >= 4 is 11.6 Å². The number of hydrogen-bond acceptors (Lipinski definition) is 3. The second-order valence-corrected chi connectivity index (χ2v) is 6.36. The molecule has 0 unspecified atom stereocenters. The van der Waals surface area contributed by atoms with Crippen LogP contribution in [0.15, 0.2) is 48.7 Å². The lowest BCUT2D eigenvalue weighted by molar-refractivity contribution is -0.138. The van der Waals surface area contributed by atoms with Crippen LogP contribution < -0.4 is 0 Å². The van der Waals surface area contributed by atoms with Gasteiger partial charge in [0.2, 0.25) is 5.91 Å². The van der Waals surface area contributed by atoms with Gasteiger partial charge in [0, 0.05) is 19.3 Å². The lowest BCUT2D eigenvalue weighted by Gasteiger charge is -2.38. The molecule has 8 heteroatoms. The van der Waals surface area contributed by atoms with Crippen molar-refractivity contribution in [1.82, 2.24) is 19.5 Å². The molecule has 0 atom stereocenters. The standard InChI is InChI=1S/C18H15F3N4O/c19-18(20,21)14-5-3-4-12(8-14)9-16(26)24-10-13(11-24)17-23-22-15-6-1-2-7-25(15)17/h1-8,13H,9-11H2. The number of fused-ring (bicyclic) bond motifs is 1. The van der Waals surface area contributed by atoms with Gasteiger partial charge in [0.05, 0.1) is 17.9 Å². The number of carbonyl (C=O) groups is 1. The van der Waals surface area contributed by atoms with Crippen LogP contribution in [0.3, 0.4) is 0 Å². The predicted molar refractivity (Wildman–Crippen MR) is 87.5 cm³/mol. The quantitative estimate of drug-likeness (QED) is 0.722. The molecule has 1 aliphatic heterocycles. The molecule has 0 radical (unpaired) electrons. The smallest absolute Gasteiger partial charge is 0.341 e. The van der Waals surface area contributed by atoms with Crippen molar-refractivity contribution in [3.05, 3.63) is 65.6 Å². The third-order valence-electron chi connectivity index (χ3n) is 4.55. The van der Waals surface area contributed by atoms with Crippen molar-refractivity contribution < 1.29 is 18.0 Å². The average Bonchev–Trinajstić information content (AvgIpc) is 2.97. The van der Waals surface area contributed by atoms with Gasteiger partial charge in [-0.15, -0.1) is 10.2 Å². The molecule has 0 spiro atoms. The molecule has 0 saturated carbocycles. The van der Waals surface area contributed by atoms with E-state index in [1.165, 1.54) is 12.1 Å². The van der Waals surface area contributed by atoms with Gasteiger partial charge < -0.3 is 4.90 Å². The highest BCUT2D eigenvalue weighted by atomic mass is 19.4. The van der Waals surface area contributed by atoms with E-state index in [0.29, 0.717) is 18.7 Å². The molecule has 3 heterocycles. The Balaban J connectivity index is 1.41. The number of amides is 1.